The smallest absolute Gasteiger partial charge is 0.137 e. The molecule has 0 aliphatic carbocycles. The molecule has 0 bridgehead atoms. The second-order valence-corrected chi connectivity index (χ2v) is 22.0. The third-order valence-corrected chi connectivity index (χ3v) is 14.0. The van der Waals surface area contributed by atoms with Crippen molar-refractivity contribution in [3.63, 3.8) is 0 Å². The summed E-state index contributed by atoms with van der Waals surface area (Å²) in [5.41, 5.74) is 13.3. The number of pyridine rings is 1. The quantitative estimate of drug-likeness (QED) is 0.152. The van der Waals surface area contributed by atoms with Crippen molar-refractivity contribution in [2.75, 3.05) is 16.5 Å². The molecule has 0 N–H and O–H groups in total. The lowest BCUT2D eigenvalue weighted by molar-refractivity contribution is 0.483. The number of rotatable bonds is 8. The summed E-state index contributed by atoms with van der Waals surface area (Å²) in [6, 6.07) is 51.8. The molecular weight excluding hydrogens is 877 g/mol. The van der Waals surface area contributed by atoms with Crippen LogP contribution in [0.25, 0.3) is 61.0 Å². The number of hydrogen-bond donors (Lipinski definition) is 0. The fraction of sp³-hybridized carbons (Fsp3) is 0.209. The Hall–Kier alpha value is -7.89. The topological polar surface area (TPSA) is 33.5 Å². The average molecular weight is 949 g/mol. The Morgan fingerprint density at radius 1 is 0.500 bits per heavy atom. The highest BCUT2D eigenvalue weighted by Gasteiger charge is 2.34. The molecule has 0 radical (unpaired) electrons. The van der Waals surface area contributed by atoms with Crippen LogP contribution in [-0.4, -0.2) is 16.2 Å². The van der Waals surface area contributed by atoms with Gasteiger partial charge in [0.1, 0.15) is 24.0 Å². The first-order chi connectivity index (χ1) is 37.8. The fourth-order valence-electron chi connectivity index (χ4n) is 9.95. The Balaban J connectivity index is 1.01. The monoisotopic (exact) mass is 949 g/mol. The first kappa shape index (κ1) is 37.9. The average Bonchev–Trinajstić information content (AvgIpc) is 4.06. The third kappa shape index (κ3) is 8.61. The summed E-state index contributed by atoms with van der Waals surface area (Å²) in [4.78, 5) is 9.58. The van der Waals surface area contributed by atoms with Crippen molar-refractivity contribution in [2.45, 2.75) is 85.4 Å². The molecule has 1 aliphatic heterocycles. The number of anilines is 4. The standard InChI is InChI=1S/C67H64N4O/c1-44-34-63(68-42-58(44)46-24-15-12-16-25-46)71-59-29-18-17-28-54(59)55-33-32-53(41-62(55)71)72-52-27-21-26-51(40-52)69-43-70(61-31-20-19-30-60(61)69)64-56(45-22-13-11-14-23-45)38-50(67(8,9)10)39-57(64)47-35-48(65(2,3)4)37-49(36-47)66(5,6)7/h11-42H,43H2,1-10H3/i1D3,12D,15D,16D,24D,25D. The first-order valence-corrected chi connectivity index (χ1v) is 24.7. The zero-order chi connectivity index (χ0) is 57.0. The molecule has 10 aromatic rings. The molecule has 1 aliphatic rings. The lowest BCUT2D eigenvalue weighted by Gasteiger charge is -2.31. The van der Waals surface area contributed by atoms with Crippen LogP contribution in [-0.2, 0) is 16.2 Å². The number of ether oxygens (including phenoxy) is 1. The third-order valence-electron chi connectivity index (χ3n) is 14.0. The summed E-state index contributed by atoms with van der Waals surface area (Å²) in [6.07, 6.45) is 1.30. The van der Waals surface area contributed by atoms with E-state index in [9.17, 15) is 0 Å². The zero-order valence-corrected chi connectivity index (χ0v) is 42.5. The minimum atomic E-state index is -2.74. The van der Waals surface area contributed by atoms with Gasteiger partial charge in [-0.2, -0.15) is 0 Å². The molecule has 11 rings (SSSR count). The summed E-state index contributed by atoms with van der Waals surface area (Å²) in [6.45, 7) is 18.4. The van der Waals surface area contributed by atoms with Gasteiger partial charge >= 0.3 is 0 Å². The van der Waals surface area contributed by atoms with Gasteiger partial charge in [0.2, 0.25) is 0 Å². The minimum Gasteiger partial charge on any atom is -0.457 e. The number of aryl methyl sites for hydroxylation is 1. The van der Waals surface area contributed by atoms with E-state index in [2.05, 4.69) is 169 Å². The largest absolute Gasteiger partial charge is 0.457 e. The Morgan fingerprint density at radius 2 is 1.11 bits per heavy atom. The number of aromatic nitrogens is 2. The summed E-state index contributed by atoms with van der Waals surface area (Å²) in [7, 11) is 0. The van der Waals surface area contributed by atoms with Crippen molar-refractivity contribution in [2.24, 2.45) is 0 Å². The number of benzene rings is 8. The van der Waals surface area contributed by atoms with Crippen LogP contribution >= 0.6 is 0 Å². The van der Waals surface area contributed by atoms with E-state index in [1.807, 2.05) is 59.2 Å². The van der Waals surface area contributed by atoms with E-state index in [0.717, 1.165) is 50.2 Å². The highest BCUT2D eigenvalue weighted by atomic mass is 16.5. The normalized spacial score (nSPS) is 14.8. The van der Waals surface area contributed by atoms with Crippen LogP contribution in [0.5, 0.6) is 11.5 Å². The minimum absolute atomic E-state index is 0.0599. The second-order valence-electron chi connectivity index (χ2n) is 22.0. The van der Waals surface area contributed by atoms with Crippen molar-refractivity contribution in [1.82, 2.24) is 9.55 Å². The van der Waals surface area contributed by atoms with E-state index < -0.39 is 37.1 Å². The highest BCUT2D eigenvalue weighted by Crippen LogP contribution is 2.52. The van der Waals surface area contributed by atoms with Crippen LogP contribution in [0.4, 0.5) is 22.7 Å². The van der Waals surface area contributed by atoms with E-state index in [4.69, 9.17) is 20.7 Å². The summed E-state index contributed by atoms with van der Waals surface area (Å²) in [5, 5.41) is 1.79. The maximum Gasteiger partial charge on any atom is 0.137 e. The van der Waals surface area contributed by atoms with Gasteiger partial charge in [-0.3, -0.25) is 4.57 Å². The van der Waals surface area contributed by atoms with Crippen LogP contribution in [0, 0.1) is 6.85 Å². The molecule has 2 aromatic heterocycles. The van der Waals surface area contributed by atoms with Crippen molar-refractivity contribution in [3.8, 4) is 50.7 Å². The Kier molecular flexibility index (Phi) is 9.34. The molecule has 72 heavy (non-hydrogen) atoms. The van der Waals surface area contributed by atoms with Crippen LogP contribution in [0.15, 0.2) is 194 Å². The Labute approximate surface area is 437 Å². The SMILES string of the molecule is [2H]c1c([2H])c([2H])c(-c2cnc(-n3c4ccccc4c4ccc(Oc5cccc(N6CN(c7c(-c8ccccc8)cc(C(C)(C)C)cc7-c7cc(C(C)(C)C)cc(C(C)(C)C)c7)c7ccccc76)c5)cc43)cc2C([2H])([2H])[2H])c([2H])c1[2H]. The van der Waals surface area contributed by atoms with E-state index >= 15 is 0 Å². The lowest BCUT2D eigenvalue weighted by Crippen LogP contribution is -2.25. The predicted molar refractivity (Wildman–Crippen MR) is 304 cm³/mol. The maximum absolute atomic E-state index is 8.67. The van der Waals surface area contributed by atoms with Gasteiger partial charge in [0.25, 0.3) is 0 Å². The molecule has 0 saturated carbocycles. The first-order valence-electron chi connectivity index (χ1n) is 28.7. The zero-order valence-electron chi connectivity index (χ0n) is 50.5. The predicted octanol–water partition coefficient (Wildman–Crippen LogP) is 18.4. The molecule has 5 nitrogen and oxygen atoms in total. The van der Waals surface area contributed by atoms with Gasteiger partial charge in [-0.25, -0.2) is 4.98 Å². The molecule has 0 saturated heterocycles. The van der Waals surface area contributed by atoms with E-state index in [1.54, 1.807) is 0 Å². The van der Waals surface area contributed by atoms with E-state index in [1.165, 1.54) is 40.1 Å². The van der Waals surface area contributed by atoms with E-state index in [-0.39, 0.29) is 38.8 Å². The van der Waals surface area contributed by atoms with Gasteiger partial charge in [-0.15, -0.1) is 0 Å². The molecule has 358 valence electrons. The molecule has 0 unspecified atom stereocenters. The van der Waals surface area contributed by atoms with Crippen LogP contribution in [0.3, 0.4) is 0 Å². The molecule has 0 atom stereocenters. The van der Waals surface area contributed by atoms with Gasteiger partial charge < -0.3 is 14.5 Å². The van der Waals surface area contributed by atoms with Crippen molar-refractivity contribution in [1.29, 1.82) is 0 Å². The number of hydrogen-bond acceptors (Lipinski definition) is 4. The fourth-order valence-corrected chi connectivity index (χ4v) is 9.95. The molecule has 0 spiro atoms. The molecule has 8 aromatic carbocycles. The van der Waals surface area contributed by atoms with Crippen molar-refractivity contribution < 1.29 is 15.7 Å². The summed E-state index contributed by atoms with van der Waals surface area (Å²) in [5.74, 6) is 1.43. The van der Waals surface area contributed by atoms with Crippen LogP contribution in [0.1, 0.15) is 95.5 Å². The Bertz CT molecular complexity index is 4030. The van der Waals surface area contributed by atoms with Gasteiger partial charge in [0, 0.05) is 55.6 Å². The number of nitrogens with zero attached hydrogens (tertiary/aromatic N) is 4. The van der Waals surface area contributed by atoms with Crippen molar-refractivity contribution in [3.05, 3.63) is 216 Å². The van der Waals surface area contributed by atoms with Gasteiger partial charge in [-0.1, -0.05) is 177 Å². The number of fused-ring (bicyclic) bond motifs is 4. The molecule has 0 fully saturated rings. The molecule has 5 heteroatoms. The maximum atomic E-state index is 8.67. The van der Waals surface area contributed by atoms with E-state index in [0.29, 0.717) is 23.7 Å². The lowest BCUT2D eigenvalue weighted by atomic mass is 9.77. The second kappa shape index (κ2) is 17.8. The molecule has 3 heterocycles. The van der Waals surface area contributed by atoms with Crippen LogP contribution in [0.2, 0.25) is 0 Å². The van der Waals surface area contributed by atoms with Crippen LogP contribution < -0.4 is 14.5 Å². The molecule has 0 amide bonds. The number of para-hydroxylation sites is 3. The highest BCUT2D eigenvalue weighted by molar-refractivity contribution is 6.09. The molecular formula is C67H64N4O. The van der Waals surface area contributed by atoms with Gasteiger partial charge in [-0.05, 0) is 123 Å². The van der Waals surface area contributed by atoms with Gasteiger partial charge in [0.15, 0.2) is 0 Å². The summed E-state index contributed by atoms with van der Waals surface area (Å²) >= 11 is 0. The summed E-state index contributed by atoms with van der Waals surface area (Å²) < 4.78 is 76.7. The Morgan fingerprint density at radius 3 is 1.81 bits per heavy atom. The van der Waals surface area contributed by atoms with Gasteiger partial charge in [0.05, 0.1) is 34.9 Å². The van der Waals surface area contributed by atoms with Crippen molar-refractivity contribution >= 4 is 44.6 Å².